The number of ether oxygens (including phenoxy) is 2. The molecule has 500 valence electrons. The molecule has 0 bridgehead atoms. The molecule has 6 heteroatoms. The maximum atomic E-state index is 11.8. The summed E-state index contributed by atoms with van der Waals surface area (Å²) in [5.41, 5.74) is 19.5. The van der Waals surface area contributed by atoms with Gasteiger partial charge in [0.1, 0.15) is 5.75 Å². The predicted molar refractivity (Wildman–Crippen MR) is 411 cm³/mol. The van der Waals surface area contributed by atoms with E-state index in [1.54, 1.807) is 22.3 Å². The van der Waals surface area contributed by atoms with Gasteiger partial charge in [0.2, 0.25) is 0 Å². The molecule has 0 N–H and O–H groups in total. The first kappa shape index (κ1) is 71.0. The second-order valence-electron chi connectivity index (χ2n) is 27.9. The molecular formula is C88H112O3S3. The van der Waals surface area contributed by atoms with Gasteiger partial charge in [-0.05, 0) is 197 Å². The number of carbonyl (C=O) groups excluding carboxylic acids is 1. The van der Waals surface area contributed by atoms with Crippen LogP contribution in [0, 0.1) is 6.92 Å². The minimum absolute atomic E-state index is 0.0293. The Morgan fingerprint density at radius 2 is 0.670 bits per heavy atom. The Bertz CT molecular complexity index is 3630. The molecule has 94 heavy (non-hydrogen) atoms. The molecule has 3 aromatic heterocycles. The molecular weight excluding hydrogens is 1200 g/mol. The molecule has 8 aromatic rings. The number of fused-ring (bicyclic) bond motifs is 6. The summed E-state index contributed by atoms with van der Waals surface area (Å²) in [4.78, 5) is 19.9. The van der Waals surface area contributed by atoms with E-state index in [0.717, 1.165) is 31.6 Å². The standard InChI is InChI=1S/C88H112O3S3/c1-8-13-17-21-27-33-57-87(58-34-28-22-18-14-9-2)76-61-65(6)37-45-72(76)73-46-41-69(63-77(73)87)82-51-53-84(93-82)85-54-52-83(94-85)70-42-48-75-74-47-40-68(62-78(74)88(79(75)64-70,55-31-19-15-10-3)56-32-20-16-11-4)81-50-49-80(92-81)67-38-43-71(44-39-67)90-59-35-29-25-23-24-26-30-36-60-91-86(89)66(7)12-5/h37-54,61-64H,7-36,55-60H2,1-6H3. The molecule has 0 radical (unpaired) electrons. The fourth-order valence-electron chi connectivity index (χ4n) is 15.5. The molecule has 0 aliphatic heterocycles. The number of benzene rings is 5. The quantitative estimate of drug-likeness (QED) is 0.0217. The second-order valence-corrected chi connectivity index (χ2v) is 31.2. The molecule has 2 aliphatic carbocycles. The molecule has 0 fully saturated rings. The number of rotatable bonds is 43. The molecule has 0 saturated heterocycles. The number of thiophene rings is 3. The lowest BCUT2D eigenvalue weighted by molar-refractivity contribution is -0.139. The van der Waals surface area contributed by atoms with Crippen LogP contribution in [0.1, 0.15) is 274 Å². The van der Waals surface area contributed by atoms with E-state index < -0.39 is 0 Å². The molecule has 10 rings (SSSR count). The fraction of sp³-hybridized carbons (Fsp3) is 0.489. The Kier molecular flexibility index (Phi) is 27.2. The van der Waals surface area contributed by atoms with Gasteiger partial charge in [0.25, 0.3) is 0 Å². The van der Waals surface area contributed by atoms with Crippen molar-refractivity contribution in [2.75, 3.05) is 13.2 Å². The summed E-state index contributed by atoms with van der Waals surface area (Å²) in [6, 6.07) is 53.2. The van der Waals surface area contributed by atoms with Gasteiger partial charge in [-0.3, -0.25) is 0 Å². The predicted octanol–water partition coefficient (Wildman–Crippen LogP) is 28.5. The van der Waals surface area contributed by atoms with Crippen molar-refractivity contribution < 1.29 is 14.3 Å². The van der Waals surface area contributed by atoms with Gasteiger partial charge >= 0.3 is 5.97 Å². The van der Waals surface area contributed by atoms with Crippen LogP contribution in [-0.2, 0) is 20.4 Å². The van der Waals surface area contributed by atoms with Crippen LogP contribution < -0.4 is 4.74 Å². The van der Waals surface area contributed by atoms with E-state index in [1.807, 2.05) is 40.9 Å². The van der Waals surface area contributed by atoms with E-state index in [-0.39, 0.29) is 16.8 Å². The van der Waals surface area contributed by atoms with Gasteiger partial charge in [0, 0.05) is 45.7 Å². The Labute approximate surface area is 580 Å². The average molecular weight is 1310 g/mol. The minimum Gasteiger partial charge on any atom is -0.494 e. The molecule has 2 aliphatic rings. The van der Waals surface area contributed by atoms with Gasteiger partial charge in [-0.1, -0.05) is 268 Å². The van der Waals surface area contributed by atoms with Crippen molar-refractivity contribution in [1.82, 2.24) is 0 Å². The van der Waals surface area contributed by atoms with Gasteiger partial charge in [-0.25, -0.2) is 4.79 Å². The Morgan fingerprint density at radius 1 is 0.351 bits per heavy atom. The lowest BCUT2D eigenvalue weighted by atomic mass is 9.70. The monoisotopic (exact) mass is 1310 g/mol. The zero-order valence-corrected chi connectivity index (χ0v) is 61.1. The largest absolute Gasteiger partial charge is 0.494 e. The van der Waals surface area contributed by atoms with Crippen LogP contribution in [0.5, 0.6) is 5.75 Å². The normalized spacial score (nSPS) is 13.3. The summed E-state index contributed by atoms with van der Waals surface area (Å²) in [7, 11) is 0. The van der Waals surface area contributed by atoms with Crippen LogP contribution in [0.2, 0.25) is 0 Å². The van der Waals surface area contributed by atoms with Crippen molar-refractivity contribution in [3.8, 4) is 79.5 Å². The van der Waals surface area contributed by atoms with E-state index in [4.69, 9.17) is 9.47 Å². The van der Waals surface area contributed by atoms with E-state index in [0.29, 0.717) is 18.6 Å². The van der Waals surface area contributed by atoms with Gasteiger partial charge in [-0.2, -0.15) is 0 Å². The average Bonchev–Trinajstić information content (AvgIpc) is 1.57. The summed E-state index contributed by atoms with van der Waals surface area (Å²) in [5, 5.41) is 0. The van der Waals surface area contributed by atoms with Crippen molar-refractivity contribution >= 4 is 40.0 Å². The smallest absolute Gasteiger partial charge is 0.333 e. The van der Waals surface area contributed by atoms with Crippen molar-refractivity contribution in [3.63, 3.8) is 0 Å². The molecule has 3 nitrogen and oxygen atoms in total. The van der Waals surface area contributed by atoms with Gasteiger partial charge < -0.3 is 9.47 Å². The first-order valence-electron chi connectivity index (χ1n) is 37.6. The van der Waals surface area contributed by atoms with E-state index >= 15 is 0 Å². The fourth-order valence-corrected chi connectivity index (χ4v) is 18.6. The molecule has 0 atom stereocenters. The van der Waals surface area contributed by atoms with Crippen molar-refractivity contribution in [2.24, 2.45) is 0 Å². The molecule has 5 aromatic carbocycles. The zero-order chi connectivity index (χ0) is 65.5. The third kappa shape index (κ3) is 17.7. The summed E-state index contributed by atoms with van der Waals surface area (Å²) >= 11 is 5.87. The zero-order valence-electron chi connectivity index (χ0n) is 58.6. The van der Waals surface area contributed by atoms with E-state index in [2.05, 4.69) is 175 Å². The molecule has 0 amide bonds. The minimum atomic E-state index is -0.245. The first-order chi connectivity index (χ1) is 46.1. The van der Waals surface area contributed by atoms with Crippen LogP contribution in [0.3, 0.4) is 0 Å². The number of hydrogen-bond acceptors (Lipinski definition) is 6. The Balaban J connectivity index is 0.839. The van der Waals surface area contributed by atoms with Crippen molar-refractivity contribution in [3.05, 3.63) is 173 Å². The van der Waals surface area contributed by atoms with E-state index in [1.165, 1.54) is 266 Å². The van der Waals surface area contributed by atoms with Gasteiger partial charge in [0.15, 0.2) is 0 Å². The van der Waals surface area contributed by atoms with Crippen LogP contribution in [-0.4, -0.2) is 19.2 Å². The molecule has 0 saturated carbocycles. The number of unbranched alkanes of at least 4 members (excludes halogenated alkanes) is 23. The number of hydrogen-bond donors (Lipinski definition) is 0. The summed E-state index contributed by atoms with van der Waals surface area (Å²) in [5.74, 6) is 0.701. The first-order valence-corrected chi connectivity index (χ1v) is 40.0. The number of esters is 1. The number of aryl methyl sites for hydroxylation is 1. The maximum Gasteiger partial charge on any atom is 0.333 e. The third-order valence-corrected chi connectivity index (χ3v) is 24.7. The molecule has 0 spiro atoms. The highest BCUT2D eigenvalue weighted by atomic mass is 32.1. The summed E-state index contributed by atoms with van der Waals surface area (Å²) in [6.07, 6.45) is 40.9. The SMILES string of the molecule is C=C(CC)C(=O)OCCCCCCCCCCOc1ccc(-c2ccc(-c3ccc4c(c3)C(CCCCCC)(CCCCCC)c3cc(-c5ccc(-c6ccc(-c7ccc8c(c7)C(CCCCCCCC)(CCCCCCCC)c7cc(C)ccc7-8)s6)s5)ccc3-4)s2)cc1. The molecule has 0 unspecified atom stereocenters. The second kappa shape index (κ2) is 36.0. The van der Waals surface area contributed by atoms with Crippen molar-refractivity contribution in [2.45, 2.75) is 264 Å². The lowest BCUT2D eigenvalue weighted by Crippen LogP contribution is -2.25. The topological polar surface area (TPSA) is 35.5 Å². The van der Waals surface area contributed by atoms with Gasteiger partial charge in [0.05, 0.1) is 13.2 Å². The highest BCUT2D eigenvalue weighted by molar-refractivity contribution is 7.25. The number of carbonyl (C=O) groups is 1. The van der Waals surface area contributed by atoms with Gasteiger partial charge in [-0.15, -0.1) is 34.0 Å². The van der Waals surface area contributed by atoms with Crippen LogP contribution in [0.25, 0.3) is 73.8 Å². The lowest BCUT2D eigenvalue weighted by Gasteiger charge is -2.33. The highest BCUT2D eigenvalue weighted by Gasteiger charge is 2.44. The molecule has 3 heterocycles. The van der Waals surface area contributed by atoms with Crippen LogP contribution in [0.4, 0.5) is 0 Å². The third-order valence-electron chi connectivity index (χ3n) is 21.0. The highest BCUT2D eigenvalue weighted by Crippen LogP contribution is 2.58. The summed E-state index contributed by atoms with van der Waals surface area (Å²) in [6.45, 7) is 18.6. The summed E-state index contributed by atoms with van der Waals surface area (Å²) < 4.78 is 11.5. The van der Waals surface area contributed by atoms with Crippen molar-refractivity contribution in [1.29, 1.82) is 0 Å². The van der Waals surface area contributed by atoms with Crippen LogP contribution >= 0.6 is 34.0 Å². The Hall–Kier alpha value is -5.79. The maximum absolute atomic E-state index is 11.8. The Morgan fingerprint density at radius 3 is 1.09 bits per heavy atom. The van der Waals surface area contributed by atoms with Crippen LogP contribution in [0.15, 0.2) is 146 Å². The van der Waals surface area contributed by atoms with E-state index in [9.17, 15) is 4.79 Å².